The van der Waals surface area contributed by atoms with Crippen LogP contribution in [-0.2, 0) is 11.2 Å². The van der Waals surface area contributed by atoms with Crippen LogP contribution in [0.1, 0.15) is 41.4 Å². The van der Waals surface area contributed by atoms with Gasteiger partial charge in [-0.25, -0.2) is 4.98 Å². The normalized spacial score (nSPS) is 18.0. The summed E-state index contributed by atoms with van der Waals surface area (Å²) in [7, 11) is 0. The fraction of sp³-hybridized carbons (Fsp3) is 0.444. The van der Waals surface area contributed by atoms with Gasteiger partial charge >= 0.3 is 0 Å². The van der Waals surface area contributed by atoms with Gasteiger partial charge in [-0.2, -0.15) is 10.2 Å². The third kappa shape index (κ3) is 3.01. The maximum absolute atomic E-state index is 12.8. The summed E-state index contributed by atoms with van der Waals surface area (Å²) < 4.78 is 0. The number of carbonyl (C=O) groups excluding carboxylic acids is 1. The number of piperidine rings is 1. The van der Waals surface area contributed by atoms with Gasteiger partial charge in [0.2, 0.25) is 5.91 Å². The largest absolute Gasteiger partial charge is 0.342 e. The Balaban J connectivity index is 1.49. The van der Waals surface area contributed by atoms with Crippen molar-refractivity contribution >= 4 is 16.9 Å². The highest BCUT2D eigenvalue weighted by Crippen LogP contribution is 2.27. The number of nitrogens with one attached hydrogen (secondary N) is 2. The lowest BCUT2D eigenvalue weighted by Crippen LogP contribution is -2.40. The van der Waals surface area contributed by atoms with Crippen LogP contribution in [-0.4, -0.2) is 49.3 Å². The van der Waals surface area contributed by atoms with E-state index in [1.54, 1.807) is 6.20 Å². The van der Waals surface area contributed by atoms with Crippen molar-refractivity contribution in [2.45, 2.75) is 39.0 Å². The van der Waals surface area contributed by atoms with E-state index in [1.807, 2.05) is 24.8 Å². The average Bonchev–Trinajstić information content (AvgIpc) is 3.22. The van der Waals surface area contributed by atoms with Crippen LogP contribution in [0.25, 0.3) is 11.0 Å². The van der Waals surface area contributed by atoms with Gasteiger partial charge in [0.15, 0.2) is 5.65 Å². The number of aromatic nitrogens is 5. The van der Waals surface area contributed by atoms with Crippen molar-refractivity contribution < 1.29 is 4.79 Å². The molecule has 0 aromatic carbocycles. The third-order valence-corrected chi connectivity index (χ3v) is 5.12. The first-order valence-corrected chi connectivity index (χ1v) is 8.70. The highest BCUT2D eigenvalue weighted by atomic mass is 16.2. The van der Waals surface area contributed by atoms with Crippen molar-refractivity contribution in [2.24, 2.45) is 0 Å². The molecule has 1 amide bonds. The molecule has 7 nitrogen and oxygen atoms in total. The van der Waals surface area contributed by atoms with Gasteiger partial charge in [-0.05, 0) is 38.8 Å². The summed E-state index contributed by atoms with van der Waals surface area (Å²) in [5.74, 6) is 0.442. The highest BCUT2D eigenvalue weighted by molar-refractivity contribution is 5.79. The number of aryl methyl sites for hydroxylation is 2. The number of amides is 1. The Hall–Kier alpha value is -2.70. The van der Waals surface area contributed by atoms with Crippen LogP contribution in [0, 0.1) is 13.8 Å². The number of likely N-dealkylation sites (tertiary alicyclic amines) is 1. The first kappa shape index (κ1) is 15.8. The summed E-state index contributed by atoms with van der Waals surface area (Å²) in [6.07, 6.45) is 4.24. The predicted octanol–water partition coefficient (Wildman–Crippen LogP) is 2.25. The number of nitrogens with zero attached hydrogens (tertiary/aromatic N) is 4. The second-order valence-electron chi connectivity index (χ2n) is 6.81. The number of hydrogen-bond donors (Lipinski definition) is 2. The van der Waals surface area contributed by atoms with Crippen LogP contribution in [0.4, 0.5) is 0 Å². The monoisotopic (exact) mass is 338 g/mol. The number of aromatic amines is 2. The molecular formula is C18H22N6O. The number of fused-ring (bicyclic) bond motifs is 1. The predicted molar refractivity (Wildman–Crippen MR) is 94.2 cm³/mol. The summed E-state index contributed by atoms with van der Waals surface area (Å²) in [5.41, 5.74) is 4.75. The van der Waals surface area contributed by atoms with Crippen LogP contribution in [0.5, 0.6) is 0 Å². The van der Waals surface area contributed by atoms with E-state index in [0.29, 0.717) is 6.42 Å². The van der Waals surface area contributed by atoms with Crippen LogP contribution in [0.2, 0.25) is 0 Å². The molecule has 4 rings (SSSR count). The Labute approximate surface area is 145 Å². The van der Waals surface area contributed by atoms with Crippen molar-refractivity contribution in [1.29, 1.82) is 0 Å². The lowest BCUT2D eigenvalue weighted by atomic mass is 9.93. The van der Waals surface area contributed by atoms with E-state index in [-0.39, 0.29) is 11.8 Å². The summed E-state index contributed by atoms with van der Waals surface area (Å²) in [5, 5.41) is 15.1. The van der Waals surface area contributed by atoms with E-state index in [9.17, 15) is 4.79 Å². The minimum atomic E-state index is 0.167. The number of rotatable bonds is 3. The topological polar surface area (TPSA) is 90.6 Å². The molecule has 1 aliphatic heterocycles. The van der Waals surface area contributed by atoms with Crippen LogP contribution in [0.3, 0.4) is 0 Å². The van der Waals surface area contributed by atoms with Crippen molar-refractivity contribution in [3.8, 4) is 0 Å². The highest BCUT2D eigenvalue weighted by Gasteiger charge is 2.26. The van der Waals surface area contributed by atoms with Crippen molar-refractivity contribution in [3.63, 3.8) is 0 Å². The van der Waals surface area contributed by atoms with Crippen LogP contribution in [0.15, 0.2) is 18.3 Å². The molecule has 7 heteroatoms. The number of hydrogen-bond acceptors (Lipinski definition) is 4. The van der Waals surface area contributed by atoms with E-state index in [1.165, 1.54) is 0 Å². The second-order valence-corrected chi connectivity index (χ2v) is 6.81. The van der Waals surface area contributed by atoms with Gasteiger partial charge in [-0.15, -0.1) is 0 Å². The molecule has 3 aromatic rings. The Kier molecular flexibility index (Phi) is 3.99. The first-order valence-electron chi connectivity index (χ1n) is 8.70. The molecule has 1 atom stereocenters. The maximum atomic E-state index is 12.8. The molecule has 2 N–H and O–H groups in total. The van der Waals surface area contributed by atoms with Gasteiger partial charge in [0.1, 0.15) is 0 Å². The molecule has 0 spiro atoms. The smallest absolute Gasteiger partial charge is 0.227 e. The van der Waals surface area contributed by atoms with Gasteiger partial charge in [0, 0.05) is 41.3 Å². The molecule has 1 unspecified atom stereocenters. The summed E-state index contributed by atoms with van der Waals surface area (Å²) in [6.45, 7) is 5.44. The lowest BCUT2D eigenvalue weighted by molar-refractivity contribution is -0.131. The molecule has 0 radical (unpaired) electrons. The lowest BCUT2D eigenvalue weighted by Gasteiger charge is -2.32. The SMILES string of the molecule is Cc1n[nH]c(C)c1CC(=O)N1CCCC(c2ccc3cn[nH]c3n2)C1. The van der Waals surface area contributed by atoms with Crippen LogP contribution < -0.4 is 0 Å². The van der Waals surface area contributed by atoms with E-state index >= 15 is 0 Å². The molecule has 4 heterocycles. The fourth-order valence-electron chi connectivity index (χ4n) is 3.61. The fourth-order valence-corrected chi connectivity index (χ4v) is 3.61. The second kappa shape index (κ2) is 6.31. The number of H-pyrrole nitrogens is 2. The zero-order chi connectivity index (χ0) is 17.4. The zero-order valence-electron chi connectivity index (χ0n) is 14.5. The van der Waals surface area contributed by atoms with Gasteiger partial charge in [-0.3, -0.25) is 15.0 Å². The number of pyridine rings is 1. The zero-order valence-corrected chi connectivity index (χ0v) is 14.5. The van der Waals surface area contributed by atoms with Gasteiger partial charge in [0.25, 0.3) is 0 Å². The molecule has 1 fully saturated rings. The quantitative estimate of drug-likeness (QED) is 0.766. The molecular weight excluding hydrogens is 316 g/mol. The summed E-state index contributed by atoms with van der Waals surface area (Å²) in [4.78, 5) is 19.4. The molecule has 0 aliphatic carbocycles. The molecule has 130 valence electrons. The van der Waals surface area contributed by atoms with E-state index in [2.05, 4.69) is 31.4 Å². The summed E-state index contributed by atoms with van der Waals surface area (Å²) >= 11 is 0. The molecule has 3 aromatic heterocycles. The van der Waals surface area contributed by atoms with Gasteiger partial charge in [-0.1, -0.05) is 0 Å². The maximum Gasteiger partial charge on any atom is 0.227 e. The first-order chi connectivity index (χ1) is 12.1. The summed E-state index contributed by atoms with van der Waals surface area (Å²) in [6, 6.07) is 4.10. The van der Waals surface area contributed by atoms with Crippen molar-refractivity contribution in [1.82, 2.24) is 30.3 Å². The molecule has 1 saturated heterocycles. The minimum Gasteiger partial charge on any atom is -0.342 e. The molecule has 1 aliphatic rings. The molecule has 25 heavy (non-hydrogen) atoms. The van der Waals surface area contributed by atoms with E-state index in [0.717, 1.165) is 59.6 Å². The van der Waals surface area contributed by atoms with Gasteiger partial charge in [0.05, 0.1) is 18.3 Å². The van der Waals surface area contributed by atoms with Crippen molar-refractivity contribution in [2.75, 3.05) is 13.1 Å². The Bertz CT molecular complexity index is 892. The van der Waals surface area contributed by atoms with Crippen LogP contribution >= 0.6 is 0 Å². The van der Waals surface area contributed by atoms with E-state index in [4.69, 9.17) is 0 Å². The van der Waals surface area contributed by atoms with Crippen molar-refractivity contribution in [3.05, 3.63) is 41.0 Å². The average molecular weight is 338 g/mol. The Morgan fingerprint density at radius 3 is 3.00 bits per heavy atom. The standard InChI is InChI=1S/C18H22N6O/c1-11-15(12(2)22-21-11)8-17(25)24-7-3-4-14(10-24)16-6-5-13-9-19-23-18(13)20-16/h5-6,9,14H,3-4,7-8,10H2,1-2H3,(H,21,22)(H,19,20,23). The Morgan fingerprint density at radius 2 is 2.20 bits per heavy atom. The van der Waals surface area contributed by atoms with E-state index < -0.39 is 0 Å². The third-order valence-electron chi connectivity index (χ3n) is 5.12. The minimum absolute atomic E-state index is 0.167. The molecule has 0 bridgehead atoms. The van der Waals surface area contributed by atoms with Gasteiger partial charge < -0.3 is 4.90 Å². The molecule has 0 saturated carbocycles. The Morgan fingerprint density at radius 1 is 1.32 bits per heavy atom. The number of carbonyl (C=O) groups is 1.